The molecule has 23 heavy (non-hydrogen) atoms. The molecule has 0 amide bonds. The molecule has 0 radical (unpaired) electrons. The molecule has 0 bridgehead atoms. The van der Waals surface area contributed by atoms with Gasteiger partial charge in [-0.1, -0.05) is 23.4 Å². The monoisotopic (exact) mass is 347 g/mol. The molecule has 2 aromatic rings. The van der Waals surface area contributed by atoms with Gasteiger partial charge in [-0.15, -0.1) is 0 Å². The first-order chi connectivity index (χ1) is 10.8. The second kappa shape index (κ2) is 5.60. The number of hydrogen-bond acceptors (Lipinski definition) is 5. The van der Waals surface area contributed by atoms with E-state index < -0.39 is 28.0 Å². The van der Waals surface area contributed by atoms with E-state index in [1.807, 2.05) is 0 Å². The van der Waals surface area contributed by atoms with Crippen LogP contribution in [0.1, 0.15) is 24.1 Å². The molecule has 1 unspecified atom stereocenters. The summed E-state index contributed by atoms with van der Waals surface area (Å²) in [4.78, 5) is 3.47. The van der Waals surface area contributed by atoms with Gasteiger partial charge in [0.05, 0.1) is 4.90 Å². The van der Waals surface area contributed by atoms with Crippen molar-refractivity contribution in [2.24, 2.45) is 0 Å². The Morgan fingerprint density at radius 1 is 1.22 bits per heavy atom. The fourth-order valence-electron chi connectivity index (χ4n) is 2.41. The molecule has 1 aromatic heterocycles. The lowest BCUT2D eigenvalue weighted by molar-refractivity contribution is -0.159. The summed E-state index contributed by atoms with van der Waals surface area (Å²) in [5.74, 6) is -2.06. The number of aromatic nitrogens is 2. The molecular weight excluding hydrogens is 335 g/mol. The summed E-state index contributed by atoms with van der Waals surface area (Å²) < 4.78 is 67.7. The van der Waals surface area contributed by atoms with Crippen molar-refractivity contribution in [3.63, 3.8) is 0 Å². The molecule has 10 heteroatoms. The number of halogens is 3. The van der Waals surface area contributed by atoms with Gasteiger partial charge < -0.3 is 4.52 Å². The van der Waals surface area contributed by atoms with Crippen LogP contribution in [0, 0.1) is 0 Å². The minimum absolute atomic E-state index is 0.0219. The highest BCUT2D eigenvalue weighted by Crippen LogP contribution is 2.32. The molecule has 1 aromatic carbocycles. The van der Waals surface area contributed by atoms with Crippen molar-refractivity contribution in [3.8, 4) is 0 Å². The molecule has 1 saturated heterocycles. The highest BCUT2D eigenvalue weighted by molar-refractivity contribution is 7.89. The Morgan fingerprint density at radius 3 is 2.52 bits per heavy atom. The summed E-state index contributed by atoms with van der Waals surface area (Å²) in [6.45, 7) is 0.214. The predicted octanol–water partition coefficient (Wildman–Crippen LogP) is 2.27. The minimum atomic E-state index is -4.71. The third kappa shape index (κ3) is 3.08. The zero-order chi connectivity index (χ0) is 16.7. The predicted molar refractivity (Wildman–Crippen MR) is 71.9 cm³/mol. The van der Waals surface area contributed by atoms with Gasteiger partial charge in [-0.25, -0.2) is 8.42 Å². The summed E-state index contributed by atoms with van der Waals surface area (Å²) in [5.41, 5.74) is 0. The van der Waals surface area contributed by atoms with Crippen LogP contribution in [-0.4, -0.2) is 36.0 Å². The van der Waals surface area contributed by atoms with Gasteiger partial charge in [-0.05, 0) is 18.6 Å². The summed E-state index contributed by atoms with van der Waals surface area (Å²) in [6, 6.07) is 7.85. The standard InChI is InChI=1S/C13H12F3N3O3S/c14-13(15,16)12-17-11(18-22-12)9-6-7-19(8-9)23(20,21)10-4-2-1-3-5-10/h1-5,9H,6-8H2. The molecule has 1 fully saturated rings. The summed E-state index contributed by atoms with van der Waals surface area (Å²) in [5, 5.41) is 3.33. The summed E-state index contributed by atoms with van der Waals surface area (Å²) >= 11 is 0. The number of sulfonamides is 1. The van der Waals surface area contributed by atoms with E-state index in [1.54, 1.807) is 18.2 Å². The van der Waals surface area contributed by atoms with Crippen LogP contribution in [0.15, 0.2) is 39.8 Å². The van der Waals surface area contributed by atoms with Crippen LogP contribution in [0.5, 0.6) is 0 Å². The third-order valence-corrected chi connectivity index (χ3v) is 5.46. The molecule has 1 atom stereocenters. The molecule has 1 aliphatic heterocycles. The van der Waals surface area contributed by atoms with E-state index in [4.69, 9.17) is 0 Å². The number of benzene rings is 1. The third-order valence-electron chi connectivity index (χ3n) is 3.58. The Kier molecular flexibility index (Phi) is 3.88. The molecule has 2 heterocycles. The molecule has 0 spiro atoms. The summed E-state index contributed by atoms with van der Waals surface area (Å²) in [6.07, 6.45) is -4.37. The normalized spacial score (nSPS) is 20.0. The lowest BCUT2D eigenvalue weighted by Crippen LogP contribution is -2.28. The number of rotatable bonds is 3. The first-order valence-electron chi connectivity index (χ1n) is 6.74. The smallest absolute Gasteiger partial charge is 0.329 e. The van der Waals surface area contributed by atoms with Gasteiger partial charge in [-0.2, -0.15) is 22.5 Å². The van der Waals surface area contributed by atoms with E-state index in [2.05, 4.69) is 14.7 Å². The van der Waals surface area contributed by atoms with Gasteiger partial charge in [0, 0.05) is 19.0 Å². The number of hydrogen-bond donors (Lipinski definition) is 0. The maximum Gasteiger partial charge on any atom is 0.471 e. The van der Waals surface area contributed by atoms with Crippen LogP contribution in [-0.2, 0) is 16.2 Å². The van der Waals surface area contributed by atoms with Gasteiger partial charge in [0.25, 0.3) is 0 Å². The lowest BCUT2D eigenvalue weighted by atomic mass is 10.1. The summed E-state index contributed by atoms with van der Waals surface area (Å²) in [7, 11) is -3.68. The number of nitrogens with zero attached hydrogens (tertiary/aromatic N) is 3. The molecule has 0 N–H and O–H groups in total. The molecular formula is C13H12F3N3O3S. The average molecular weight is 347 g/mol. The fourth-order valence-corrected chi connectivity index (χ4v) is 3.94. The molecule has 0 aliphatic carbocycles. The second-order valence-electron chi connectivity index (χ2n) is 5.12. The van der Waals surface area contributed by atoms with Crippen LogP contribution in [0.3, 0.4) is 0 Å². The van der Waals surface area contributed by atoms with Crippen molar-refractivity contribution in [1.82, 2.24) is 14.4 Å². The molecule has 6 nitrogen and oxygen atoms in total. The number of alkyl halides is 3. The minimum Gasteiger partial charge on any atom is -0.329 e. The van der Waals surface area contributed by atoms with Gasteiger partial charge in [0.2, 0.25) is 10.0 Å². The first kappa shape index (κ1) is 15.9. The van der Waals surface area contributed by atoms with Crippen LogP contribution < -0.4 is 0 Å². The molecule has 3 rings (SSSR count). The zero-order valence-electron chi connectivity index (χ0n) is 11.7. The van der Waals surface area contributed by atoms with Gasteiger partial charge in [0.1, 0.15) is 0 Å². The highest BCUT2D eigenvalue weighted by atomic mass is 32.2. The van der Waals surface area contributed by atoms with E-state index in [0.29, 0.717) is 6.42 Å². The van der Waals surface area contributed by atoms with Crippen molar-refractivity contribution in [2.75, 3.05) is 13.1 Å². The molecule has 1 aliphatic rings. The SMILES string of the molecule is O=S(=O)(c1ccccc1)N1CCC(c2noc(C(F)(F)F)n2)C1. The van der Waals surface area contributed by atoms with Crippen molar-refractivity contribution < 1.29 is 26.1 Å². The van der Waals surface area contributed by atoms with Crippen molar-refractivity contribution >= 4 is 10.0 Å². The highest BCUT2D eigenvalue weighted by Gasteiger charge is 2.41. The van der Waals surface area contributed by atoms with Gasteiger partial charge >= 0.3 is 12.1 Å². The van der Waals surface area contributed by atoms with Gasteiger partial charge in [-0.3, -0.25) is 0 Å². The van der Waals surface area contributed by atoms with Crippen LogP contribution in [0.2, 0.25) is 0 Å². The van der Waals surface area contributed by atoms with E-state index in [-0.39, 0.29) is 23.8 Å². The van der Waals surface area contributed by atoms with Crippen LogP contribution >= 0.6 is 0 Å². The van der Waals surface area contributed by atoms with Crippen LogP contribution in [0.4, 0.5) is 13.2 Å². The maximum atomic E-state index is 12.5. The molecule has 0 saturated carbocycles. The largest absolute Gasteiger partial charge is 0.471 e. The van der Waals surface area contributed by atoms with Crippen molar-refractivity contribution in [2.45, 2.75) is 23.4 Å². The van der Waals surface area contributed by atoms with E-state index in [9.17, 15) is 21.6 Å². The second-order valence-corrected chi connectivity index (χ2v) is 7.06. The van der Waals surface area contributed by atoms with Crippen molar-refractivity contribution in [3.05, 3.63) is 42.0 Å². The topological polar surface area (TPSA) is 76.3 Å². The Balaban J connectivity index is 1.78. The molecule has 124 valence electrons. The van der Waals surface area contributed by atoms with E-state index in [1.165, 1.54) is 16.4 Å². The van der Waals surface area contributed by atoms with E-state index in [0.717, 1.165) is 0 Å². The fraction of sp³-hybridized carbons (Fsp3) is 0.385. The maximum absolute atomic E-state index is 12.5. The average Bonchev–Trinajstić information content (AvgIpc) is 3.16. The lowest BCUT2D eigenvalue weighted by Gasteiger charge is -2.15. The first-order valence-corrected chi connectivity index (χ1v) is 8.18. The van der Waals surface area contributed by atoms with E-state index >= 15 is 0 Å². The van der Waals surface area contributed by atoms with Crippen molar-refractivity contribution in [1.29, 1.82) is 0 Å². The van der Waals surface area contributed by atoms with Crippen LogP contribution in [0.25, 0.3) is 0 Å². The Labute approximate surface area is 130 Å². The quantitative estimate of drug-likeness (QED) is 0.851. The Morgan fingerprint density at radius 2 is 1.91 bits per heavy atom. The van der Waals surface area contributed by atoms with Gasteiger partial charge in [0.15, 0.2) is 5.82 Å². The Hall–Kier alpha value is -1.94. The zero-order valence-corrected chi connectivity index (χ0v) is 12.5. The Bertz CT molecular complexity index is 790.